The second-order valence-electron chi connectivity index (χ2n) is 5.73. The van der Waals surface area contributed by atoms with Crippen LogP contribution in [0, 0.1) is 21.4 Å². The molecular weight excluding hydrogens is 296 g/mol. The lowest BCUT2D eigenvalue weighted by atomic mass is 9.92. The molecule has 118 valence electrons. The van der Waals surface area contributed by atoms with Crippen molar-refractivity contribution in [3.05, 3.63) is 39.9 Å². The van der Waals surface area contributed by atoms with Crippen molar-refractivity contribution in [3.63, 3.8) is 0 Å². The van der Waals surface area contributed by atoms with Gasteiger partial charge >= 0.3 is 0 Å². The van der Waals surface area contributed by atoms with Gasteiger partial charge in [-0.25, -0.2) is 4.98 Å². The average Bonchev–Trinajstić information content (AvgIpc) is 2.55. The molecule has 2 aromatic rings. The van der Waals surface area contributed by atoms with Crippen LogP contribution >= 0.6 is 0 Å². The zero-order chi connectivity index (χ0) is 16.4. The van der Waals surface area contributed by atoms with Gasteiger partial charge in [-0.1, -0.05) is 12.8 Å². The summed E-state index contributed by atoms with van der Waals surface area (Å²) in [5, 5.41) is 33.9. The summed E-state index contributed by atoms with van der Waals surface area (Å²) in [6.07, 6.45) is 3.23. The van der Waals surface area contributed by atoms with Gasteiger partial charge in [0.25, 0.3) is 5.69 Å². The number of nitrogens with zero attached hydrogens (tertiary/aromatic N) is 3. The van der Waals surface area contributed by atoms with Crippen LogP contribution in [0.15, 0.2) is 24.3 Å². The highest BCUT2D eigenvalue weighted by atomic mass is 16.6. The Morgan fingerprint density at radius 3 is 2.83 bits per heavy atom. The van der Waals surface area contributed by atoms with Gasteiger partial charge in [0.05, 0.1) is 34.2 Å². The molecule has 0 unspecified atom stereocenters. The van der Waals surface area contributed by atoms with Crippen molar-refractivity contribution in [3.8, 4) is 6.07 Å². The Bertz CT molecular complexity index is 800. The summed E-state index contributed by atoms with van der Waals surface area (Å²) >= 11 is 0. The second kappa shape index (κ2) is 6.18. The van der Waals surface area contributed by atoms with Crippen molar-refractivity contribution in [2.45, 2.75) is 37.8 Å². The predicted octanol–water partition coefficient (Wildman–Crippen LogP) is 2.73. The van der Waals surface area contributed by atoms with E-state index in [1.165, 1.54) is 18.2 Å². The molecule has 7 heteroatoms. The number of nitro groups is 1. The summed E-state index contributed by atoms with van der Waals surface area (Å²) in [7, 11) is 0. The fourth-order valence-corrected chi connectivity index (χ4v) is 2.96. The highest BCUT2D eigenvalue weighted by molar-refractivity contribution is 5.88. The number of hydrogen-bond acceptors (Lipinski definition) is 6. The summed E-state index contributed by atoms with van der Waals surface area (Å²) < 4.78 is 0. The van der Waals surface area contributed by atoms with E-state index >= 15 is 0 Å². The van der Waals surface area contributed by atoms with Crippen LogP contribution in [0.25, 0.3) is 10.9 Å². The average molecular weight is 312 g/mol. The Balaban J connectivity index is 1.98. The SMILES string of the molecule is N#Cc1cc(N[C@H]2CCCC[C@@H]2O)nc2ccc([N+](=O)[O-])cc12. The number of hydrogen-bond donors (Lipinski definition) is 2. The first-order valence-corrected chi connectivity index (χ1v) is 7.52. The topological polar surface area (TPSA) is 112 Å². The first-order valence-electron chi connectivity index (χ1n) is 7.52. The molecule has 0 spiro atoms. The van der Waals surface area contributed by atoms with Crippen LogP contribution in [0.5, 0.6) is 0 Å². The predicted molar refractivity (Wildman–Crippen MR) is 85.0 cm³/mol. The van der Waals surface area contributed by atoms with Crippen LogP contribution in [0.2, 0.25) is 0 Å². The molecule has 7 nitrogen and oxygen atoms in total. The molecule has 0 saturated heterocycles. The normalized spacial score (nSPS) is 20.9. The molecule has 1 aromatic carbocycles. The summed E-state index contributed by atoms with van der Waals surface area (Å²) in [6, 6.07) is 7.82. The van der Waals surface area contributed by atoms with E-state index in [2.05, 4.69) is 16.4 Å². The zero-order valence-corrected chi connectivity index (χ0v) is 12.4. The first kappa shape index (κ1) is 15.2. The van der Waals surface area contributed by atoms with Crippen LogP contribution in [0.1, 0.15) is 31.2 Å². The maximum Gasteiger partial charge on any atom is 0.270 e. The molecule has 0 amide bonds. The molecule has 1 heterocycles. The first-order chi connectivity index (χ1) is 11.1. The molecule has 1 aliphatic carbocycles. The monoisotopic (exact) mass is 312 g/mol. The summed E-state index contributed by atoms with van der Waals surface area (Å²) in [5.74, 6) is 0.508. The zero-order valence-electron chi connectivity index (χ0n) is 12.4. The molecule has 2 atom stereocenters. The molecule has 1 aliphatic rings. The quantitative estimate of drug-likeness (QED) is 0.665. The van der Waals surface area contributed by atoms with E-state index in [0.717, 1.165) is 25.7 Å². The van der Waals surface area contributed by atoms with Gasteiger partial charge in [-0.05, 0) is 25.0 Å². The van der Waals surface area contributed by atoms with Gasteiger partial charge in [0, 0.05) is 17.5 Å². The number of nitrogens with one attached hydrogen (secondary N) is 1. The fraction of sp³-hybridized carbons (Fsp3) is 0.375. The van der Waals surface area contributed by atoms with Crippen molar-refractivity contribution >= 4 is 22.4 Å². The number of pyridine rings is 1. The van der Waals surface area contributed by atoms with Crippen molar-refractivity contribution in [1.82, 2.24) is 4.98 Å². The Morgan fingerprint density at radius 2 is 2.13 bits per heavy atom. The number of benzene rings is 1. The number of rotatable bonds is 3. The van der Waals surface area contributed by atoms with Crippen LogP contribution < -0.4 is 5.32 Å². The number of fused-ring (bicyclic) bond motifs is 1. The Kier molecular flexibility index (Phi) is 4.08. The minimum absolute atomic E-state index is 0.0702. The van der Waals surface area contributed by atoms with Crippen LogP contribution in [0.3, 0.4) is 0 Å². The summed E-state index contributed by atoms with van der Waals surface area (Å²) in [4.78, 5) is 14.8. The smallest absolute Gasteiger partial charge is 0.270 e. The molecule has 1 aromatic heterocycles. The molecule has 0 radical (unpaired) electrons. The molecular formula is C16H16N4O3. The molecule has 0 bridgehead atoms. The van der Waals surface area contributed by atoms with E-state index in [9.17, 15) is 20.5 Å². The molecule has 1 saturated carbocycles. The van der Waals surface area contributed by atoms with Gasteiger partial charge in [-0.2, -0.15) is 5.26 Å². The number of aliphatic hydroxyl groups is 1. The van der Waals surface area contributed by atoms with Gasteiger partial charge in [-0.3, -0.25) is 10.1 Å². The molecule has 1 fully saturated rings. The Morgan fingerprint density at radius 1 is 1.35 bits per heavy atom. The van der Waals surface area contributed by atoms with E-state index in [4.69, 9.17) is 0 Å². The van der Waals surface area contributed by atoms with Crippen LogP contribution in [-0.2, 0) is 0 Å². The largest absolute Gasteiger partial charge is 0.391 e. The van der Waals surface area contributed by atoms with Gasteiger partial charge in [0.15, 0.2) is 0 Å². The summed E-state index contributed by atoms with van der Waals surface area (Å²) in [6.45, 7) is 0. The lowest BCUT2D eigenvalue weighted by Crippen LogP contribution is -2.36. The minimum Gasteiger partial charge on any atom is -0.391 e. The van der Waals surface area contributed by atoms with Crippen molar-refractivity contribution < 1.29 is 10.0 Å². The van der Waals surface area contributed by atoms with E-state index in [0.29, 0.717) is 22.3 Å². The fourth-order valence-electron chi connectivity index (χ4n) is 2.96. The number of nitro benzene ring substituents is 1. The minimum atomic E-state index is -0.495. The Hall–Kier alpha value is -2.72. The van der Waals surface area contributed by atoms with Crippen molar-refractivity contribution in [1.29, 1.82) is 5.26 Å². The lowest BCUT2D eigenvalue weighted by Gasteiger charge is -2.28. The lowest BCUT2D eigenvalue weighted by molar-refractivity contribution is -0.384. The Labute approximate surface area is 132 Å². The molecule has 0 aliphatic heterocycles. The van der Waals surface area contributed by atoms with Crippen LogP contribution in [-0.4, -0.2) is 27.2 Å². The number of anilines is 1. The van der Waals surface area contributed by atoms with E-state index in [1.807, 2.05) is 0 Å². The third-order valence-electron chi connectivity index (χ3n) is 4.19. The molecule has 2 N–H and O–H groups in total. The van der Waals surface area contributed by atoms with Gasteiger partial charge < -0.3 is 10.4 Å². The van der Waals surface area contributed by atoms with E-state index in [-0.39, 0.29) is 11.7 Å². The highest BCUT2D eigenvalue weighted by Crippen LogP contribution is 2.27. The standard InChI is InChI=1S/C16H16N4O3/c17-9-10-7-16(19-14-3-1-2-4-15(14)21)18-13-6-5-11(20(22)23)8-12(10)13/h5-8,14-15,21H,1-4H2,(H,18,19)/t14-,15-/m0/s1. The van der Waals surface area contributed by atoms with Gasteiger partial charge in [-0.15, -0.1) is 0 Å². The molecule has 3 rings (SSSR count). The second-order valence-corrected chi connectivity index (χ2v) is 5.73. The molecule has 23 heavy (non-hydrogen) atoms. The maximum atomic E-state index is 10.9. The number of nitriles is 1. The van der Waals surface area contributed by atoms with Gasteiger partial charge in [0.1, 0.15) is 5.82 Å². The van der Waals surface area contributed by atoms with Gasteiger partial charge in [0.2, 0.25) is 0 Å². The van der Waals surface area contributed by atoms with E-state index in [1.54, 1.807) is 6.07 Å². The summed E-state index contributed by atoms with van der Waals surface area (Å²) in [5.41, 5.74) is 0.771. The number of aromatic nitrogens is 1. The third kappa shape index (κ3) is 3.07. The van der Waals surface area contributed by atoms with Crippen LogP contribution in [0.4, 0.5) is 11.5 Å². The van der Waals surface area contributed by atoms with E-state index < -0.39 is 11.0 Å². The number of aliphatic hydroxyl groups excluding tert-OH is 1. The highest BCUT2D eigenvalue weighted by Gasteiger charge is 2.23. The third-order valence-corrected chi connectivity index (χ3v) is 4.19. The van der Waals surface area contributed by atoms with Crippen molar-refractivity contribution in [2.75, 3.05) is 5.32 Å². The number of non-ortho nitro benzene ring substituents is 1. The van der Waals surface area contributed by atoms with Crippen molar-refractivity contribution in [2.24, 2.45) is 0 Å². The maximum absolute atomic E-state index is 10.9.